The molecule has 3 heteroatoms. The molecule has 0 aliphatic rings. The lowest BCUT2D eigenvalue weighted by molar-refractivity contribution is 0.414. The zero-order valence-corrected chi connectivity index (χ0v) is 17.4. The molecule has 1 aromatic heterocycles. The number of aromatic amines is 1. The molecule has 0 aliphatic carbocycles. The van der Waals surface area contributed by atoms with Gasteiger partial charge in [-0.3, -0.25) is 0 Å². The summed E-state index contributed by atoms with van der Waals surface area (Å²) >= 11 is 0. The average molecular weight is 385 g/mol. The zero-order chi connectivity index (χ0) is 20.2. The second-order valence-electron chi connectivity index (χ2n) is 7.26. The summed E-state index contributed by atoms with van der Waals surface area (Å²) < 4.78 is 5.37. The van der Waals surface area contributed by atoms with Gasteiger partial charge in [-0.15, -0.1) is 0 Å². The van der Waals surface area contributed by atoms with Gasteiger partial charge >= 0.3 is 0 Å². The van der Waals surface area contributed by atoms with Crippen LogP contribution in [0.15, 0.2) is 79.0 Å². The van der Waals surface area contributed by atoms with Crippen LogP contribution in [-0.2, 0) is 0 Å². The summed E-state index contributed by atoms with van der Waals surface area (Å²) in [5.74, 6) is 1.03. The number of fused-ring (bicyclic) bond motifs is 1. The Morgan fingerprint density at radius 2 is 1.45 bits per heavy atom. The van der Waals surface area contributed by atoms with Crippen LogP contribution in [0.4, 0.5) is 5.69 Å². The largest absolute Gasteiger partial charge is 0.497 e. The molecule has 0 spiro atoms. The van der Waals surface area contributed by atoms with Gasteiger partial charge < -0.3 is 14.6 Å². The summed E-state index contributed by atoms with van der Waals surface area (Å²) in [5, 5.41) is 1.26. The predicted molar refractivity (Wildman–Crippen MR) is 122 cm³/mol. The van der Waals surface area contributed by atoms with Crippen LogP contribution in [0.3, 0.4) is 0 Å². The summed E-state index contributed by atoms with van der Waals surface area (Å²) in [4.78, 5) is 5.82. The first-order valence-corrected chi connectivity index (χ1v) is 10.3. The molecule has 1 unspecified atom stereocenters. The minimum Gasteiger partial charge on any atom is -0.497 e. The van der Waals surface area contributed by atoms with Gasteiger partial charge in [-0.05, 0) is 60.9 Å². The lowest BCUT2D eigenvalue weighted by Crippen LogP contribution is -2.21. The summed E-state index contributed by atoms with van der Waals surface area (Å²) in [6.07, 6.45) is 2.15. The molecule has 0 bridgehead atoms. The summed E-state index contributed by atoms with van der Waals surface area (Å²) in [6, 6.07) is 26.0. The van der Waals surface area contributed by atoms with E-state index in [1.54, 1.807) is 7.11 Å². The molecule has 1 atom stereocenters. The molecule has 1 heterocycles. The van der Waals surface area contributed by atoms with E-state index in [1.807, 2.05) is 12.1 Å². The van der Waals surface area contributed by atoms with Crippen molar-refractivity contribution in [3.8, 4) is 5.75 Å². The molecule has 3 nitrogen and oxygen atoms in total. The van der Waals surface area contributed by atoms with E-state index < -0.39 is 0 Å². The molecular weight excluding hydrogens is 356 g/mol. The van der Waals surface area contributed by atoms with Crippen molar-refractivity contribution in [3.63, 3.8) is 0 Å². The van der Waals surface area contributed by atoms with Gasteiger partial charge in [0, 0.05) is 41.8 Å². The van der Waals surface area contributed by atoms with Crippen molar-refractivity contribution in [1.82, 2.24) is 4.98 Å². The van der Waals surface area contributed by atoms with E-state index in [2.05, 4.69) is 90.6 Å². The number of methoxy groups -OCH3 is 1. The summed E-state index contributed by atoms with van der Waals surface area (Å²) in [5.41, 5.74) is 6.27. The van der Waals surface area contributed by atoms with Crippen LogP contribution in [0.1, 0.15) is 36.5 Å². The van der Waals surface area contributed by atoms with E-state index in [0.29, 0.717) is 0 Å². The van der Waals surface area contributed by atoms with Crippen molar-refractivity contribution >= 4 is 16.6 Å². The van der Waals surface area contributed by atoms with Gasteiger partial charge in [0.15, 0.2) is 0 Å². The normalized spacial score (nSPS) is 12.1. The maximum Gasteiger partial charge on any atom is 0.118 e. The number of anilines is 1. The molecule has 4 aromatic rings. The highest BCUT2D eigenvalue weighted by atomic mass is 16.5. The van der Waals surface area contributed by atoms with E-state index in [0.717, 1.165) is 18.8 Å². The monoisotopic (exact) mass is 384 g/mol. The molecule has 148 valence electrons. The van der Waals surface area contributed by atoms with Gasteiger partial charge in [0.25, 0.3) is 0 Å². The number of aromatic nitrogens is 1. The molecule has 1 N–H and O–H groups in total. The van der Waals surface area contributed by atoms with Gasteiger partial charge in [-0.1, -0.05) is 42.5 Å². The van der Waals surface area contributed by atoms with Gasteiger partial charge in [0.2, 0.25) is 0 Å². The fraction of sp³-hybridized carbons (Fsp3) is 0.231. The van der Waals surface area contributed by atoms with Crippen LogP contribution in [0.2, 0.25) is 0 Å². The third kappa shape index (κ3) is 3.73. The fourth-order valence-corrected chi connectivity index (χ4v) is 4.15. The maximum absolute atomic E-state index is 5.37. The zero-order valence-electron chi connectivity index (χ0n) is 17.4. The van der Waals surface area contributed by atoms with Crippen molar-refractivity contribution in [2.24, 2.45) is 0 Å². The molecule has 0 aliphatic heterocycles. The maximum atomic E-state index is 5.37. The number of hydrogen-bond donors (Lipinski definition) is 1. The molecule has 3 aromatic carbocycles. The van der Waals surface area contributed by atoms with Crippen LogP contribution in [0.25, 0.3) is 10.9 Å². The van der Waals surface area contributed by atoms with Crippen molar-refractivity contribution < 1.29 is 4.74 Å². The third-order valence-electron chi connectivity index (χ3n) is 5.74. The van der Waals surface area contributed by atoms with Gasteiger partial charge in [-0.25, -0.2) is 0 Å². The molecule has 29 heavy (non-hydrogen) atoms. The minimum atomic E-state index is 0.155. The predicted octanol–water partition coefficient (Wildman–Crippen LogP) is 6.20. The number of ether oxygens (including phenoxy) is 1. The Hall–Kier alpha value is -3.20. The van der Waals surface area contributed by atoms with Gasteiger partial charge in [0.05, 0.1) is 7.11 Å². The minimum absolute atomic E-state index is 0.155. The first kappa shape index (κ1) is 19.1. The first-order chi connectivity index (χ1) is 14.2. The highest BCUT2D eigenvalue weighted by molar-refractivity contribution is 5.84. The Balaban J connectivity index is 1.82. The number of para-hydroxylation sites is 1. The molecule has 0 radical (unpaired) electrons. The number of hydrogen-bond acceptors (Lipinski definition) is 2. The van der Waals surface area contributed by atoms with E-state index in [4.69, 9.17) is 4.74 Å². The van der Waals surface area contributed by atoms with Crippen LogP contribution in [0.5, 0.6) is 5.75 Å². The van der Waals surface area contributed by atoms with Crippen molar-refractivity contribution in [3.05, 3.63) is 95.7 Å². The second-order valence-corrected chi connectivity index (χ2v) is 7.26. The number of rotatable bonds is 7. The third-order valence-corrected chi connectivity index (χ3v) is 5.74. The number of benzene rings is 3. The highest BCUT2D eigenvalue weighted by Gasteiger charge is 2.20. The lowest BCUT2D eigenvalue weighted by atomic mass is 9.85. The lowest BCUT2D eigenvalue weighted by Gasteiger charge is -2.23. The molecule has 0 saturated carbocycles. The smallest absolute Gasteiger partial charge is 0.118 e. The van der Waals surface area contributed by atoms with Gasteiger partial charge in [-0.2, -0.15) is 0 Å². The molecule has 0 saturated heterocycles. The summed E-state index contributed by atoms with van der Waals surface area (Å²) in [7, 11) is 1.71. The quantitative estimate of drug-likeness (QED) is 0.411. The van der Waals surface area contributed by atoms with E-state index in [9.17, 15) is 0 Å². The number of nitrogens with one attached hydrogen (secondary N) is 1. The van der Waals surface area contributed by atoms with Crippen LogP contribution in [-0.4, -0.2) is 25.2 Å². The van der Waals surface area contributed by atoms with Crippen LogP contribution < -0.4 is 9.64 Å². The van der Waals surface area contributed by atoms with Gasteiger partial charge in [0.1, 0.15) is 5.75 Å². The number of nitrogens with zero attached hydrogens (tertiary/aromatic N) is 1. The van der Waals surface area contributed by atoms with Crippen molar-refractivity contribution in [1.29, 1.82) is 0 Å². The van der Waals surface area contributed by atoms with Crippen molar-refractivity contribution in [2.45, 2.75) is 19.8 Å². The Kier molecular flexibility index (Phi) is 5.57. The standard InChI is InChI=1S/C26H28N2O/c1-4-28(5-2)21-14-10-19(11-15-21)26(20-12-16-22(29-3)17-13-20)24-18-27-25-9-7-6-8-23(24)25/h6-18,26-27H,4-5H2,1-3H3. The SMILES string of the molecule is CCN(CC)c1ccc(C(c2ccc(OC)cc2)c2c[nH]c3ccccc23)cc1. The molecule has 0 fully saturated rings. The van der Waals surface area contributed by atoms with E-state index in [1.165, 1.54) is 33.3 Å². The first-order valence-electron chi connectivity index (χ1n) is 10.3. The second kappa shape index (κ2) is 8.44. The van der Waals surface area contributed by atoms with E-state index >= 15 is 0 Å². The molecule has 0 amide bonds. The Morgan fingerprint density at radius 3 is 2.07 bits per heavy atom. The number of H-pyrrole nitrogens is 1. The Bertz CT molecular complexity index is 1060. The highest BCUT2D eigenvalue weighted by Crippen LogP contribution is 2.37. The molecule has 4 rings (SSSR count). The Morgan fingerprint density at radius 1 is 0.828 bits per heavy atom. The fourth-order valence-electron chi connectivity index (χ4n) is 4.15. The Labute approximate surface area is 172 Å². The topological polar surface area (TPSA) is 28.3 Å². The molecular formula is C26H28N2O. The summed E-state index contributed by atoms with van der Waals surface area (Å²) in [6.45, 7) is 6.42. The van der Waals surface area contributed by atoms with Crippen molar-refractivity contribution in [2.75, 3.05) is 25.1 Å². The van der Waals surface area contributed by atoms with Crippen LogP contribution in [0, 0.1) is 0 Å². The average Bonchev–Trinajstić information content (AvgIpc) is 3.20. The van der Waals surface area contributed by atoms with E-state index in [-0.39, 0.29) is 5.92 Å². The van der Waals surface area contributed by atoms with Crippen LogP contribution >= 0.6 is 0 Å².